The summed E-state index contributed by atoms with van der Waals surface area (Å²) in [5.41, 5.74) is 0.398. The largest absolute Gasteiger partial charge is 0.469 e. The van der Waals surface area contributed by atoms with Crippen molar-refractivity contribution in [1.29, 1.82) is 0 Å². The van der Waals surface area contributed by atoms with Gasteiger partial charge >= 0.3 is 0 Å². The first kappa shape index (κ1) is 16.6. The van der Waals surface area contributed by atoms with Crippen LogP contribution in [0.2, 0.25) is 0 Å². The summed E-state index contributed by atoms with van der Waals surface area (Å²) < 4.78 is 11.9. The average Bonchev–Trinajstić information content (AvgIpc) is 2.94. The molecule has 0 bridgehead atoms. The van der Waals surface area contributed by atoms with Crippen molar-refractivity contribution in [1.82, 2.24) is 5.32 Å². The van der Waals surface area contributed by atoms with E-state index in [2.05, 4.69) is 39.1 Å². The zero-order chi connectivity index (χ0) is 15.3. The Morgan fingerprint density at radius 3 is 2.48 bits per heavy atom. The number of furan rings is 1. The van der Waals surface area contributed by atoms with Crippen molar-refractivity contribution in [2.24, 2.45) is 5.41 Å². The van der Waals surface area contributed by atoms with Gasteiger partial charge in [-0.3, -0.25) is 0 Å². The van der Waals surface area contributed by atoms with Crippen LogP contribution in [-0.4, -0.2) is 24.8 Å². The summed E-state index contributed by atoms with van der Waals surface area (Å²) >= 11 is 0. The van der Waals surface area contributed by atoms with E-state index in [1.54, 1.807) is 6.26 Å². The highest BCUT2D eigenvalue weighted by Crippen LogP contribution is 2.44. The second-order valence-corrected chi connectivity index (χ2v) is 7.06. The molecule has 21 heavy (non-hydrogen) atoms. The molecule has 1 aromatic rings. The lowest BCUT2D eigenvalue weighted by Gasteiger charge is -2.47. The zero-order valence-electron chi connectivity index (χ0n) is 14.1. The van der Waals surface area contributed by atoms with Crippen molar-refractivity contribution < 1.29 is 9.15 Å². The highest BCUT2D eigenvalue weighted by atomic mass is 16.5. The lowest BCUT2D eigenvalue weighted by molar-refractivity contribution is -0.106. The van der Waals surface area contributed by atoms with E-state index in [4.69, 9.17) is 9.15 Å². The summed E-state index contributed by atoms with van der Waals surface area (Å²) in [5.74, 6) is 1.05. The molecule has 0 aromatic carbocycles. The van der Waals surface area contributed by atoms with Gasteiger partial charge in [0.1, 0.15) is 5.76 Å². The number of hydrogen-bond acceptors (Lipinski definition) is 3. The van der Waals surface area contributed by atoms with Crippen molar-refractivity contribution >= 4 is 0 Å². The Morgan fingerprint density at radius 2 is 1.95 bits per heavy atom. The number of rotatable bonds is 7. The lowest BCUT2D eigenvalue weighted by atomic mass is 9.67. The number of hydrogen-bond donors (Lipinski definition) is 1. The van der Waals surface area contributed by atoms with E-state index < -0.39 is 0 Å². The van der Waals surface area contributed by atoms with Crippen molar-refractivity contribution in [2.75, 3.05) is 13.2 Å². The van der Waals surface area contributed by atoms with E-state index in [1.807, 2.05) is 6.07 Å². The van der Waals surface area contributed by atoms with Gasteiger partial charge in [-0.05, 0) is 56.7 Å². The second kappa shape index (κ2) is 6.97. The fourth-order valence-electron chi connectivity index (χ4n) is 3.55. The summed E-state index contributed by atoms with van der Waals surface area (Å²) in [7, 11) is 0. The fourth-order valence-corrected chi connectivity index (χ4v) is 3.55. The van der Waals surface area contributed by atoms with Crippen LogP contribution in [-0.2, 0) is 11.2 Å². The third kappa shape index (κ3) is 4.10. The van der Waals surface area contributed by atoms with Crippen LogP contribution in [0, 0.1) is 5.41 Å². The van der Waals surface area contributed by atoms with Crippen LogP contribution in [0.25, 0.3) is 0 Å². The van der Waals surface area contributed by atoms with E-state index >= 15 is 0 Å². The van der Waals surface area contributed by atoms with Gasteiger partial charge in [-0.25, -0.2) is 0 Å². The smallest absolute Gasteiger partial charge is 0.105 e. The minimum absolute atomic E-state index is 0.0485. The molecule has 1 aliphatic carbocycles. The van der Waals surface area contributed by atoms with Crippen molar-refractivity contribution in [3.05, 3.63) is 24.2 Å². The van der Waals surface area contributed by atoms with Gasteiger partial charge in [0, 0.05) is 19.1 Å². The lowest BCUT2D eigenvalue weighted by Crippen LogP contribution is -2.56. The maximum absolute atomic E-state index is 6.32. The Labute approximate surface area is 129 Å². The molecule has 0 amide bonds. The monoisotopic (exact) mass is 293 g/mol. The topological polar surface area (TPSA) is 34.4 Å². The molecule has 1 unspecified atom stereocenters. The molecule has 1 atom stereocenters. The maximum Gasteiger partial charge on any atom is 0.105 e. The van der Waals surface area contributed by atoms with Gasteiger partial charge < -0.3 is 14.5 Å². The first-order valence-corrected chi connectivity index (χ1v) is 8.41. The summed E-state index contributed by atoms with van der Waals surface area (Å²) in [6, 6.07) is 4.36. The highest BCUT2D eigenvalue weighted by Gasteiger charge is 2.44. The SMILES string of the molecule is CCNC(Cc1ccco1)C1(OCC)CCC(C)(C)CC1. The predicted octanol–water partition coefficient (Wildman–Crippen LogP) is 4.18. The van der Waals surface area contributed by atoms with Gasteiger partial charge in [-0.1, -0.05) is 20.8 Å². The van der Waals surface area contributed by atoms with Crippen molar-refractivity contribution in [3.63, 3.8) is 0 Å². The Kier molecular flexibility index (Phi) is 5.50. The third-order valence-corrected chi connectivity index (χ3v) is 4.95. The van der Waals surface area contributed by atoms with Crippen molar-refractivity contribution in [2.45, 2.75) is 71.4 Å². The molecule has 1 aliphatic rings. The fraction of sp³-hybridized carbons (Fsp3) is 0.778. The van der Waals surface area contributed by atoms with Crippen LogP contribution in [0.4, 0.5) is 0 Å². The van der Waals surface area contributed by atoms with Crippen LogP contribution in [0.3, 0.4) is 0 Å². The first-order valence-electron chi connectivity index (χ1n) is 8.41. The van der Waals surface area contributed by atoms with E-state index in [0.717, 1.165) is 38.2 Å². The molecule has 0 saturated heterocycles. The Balaban J connectivity index is 2.15. The molecule has 1 saturated carbocycles. The molecule has 1 fully saturated rings. The van der Waals surface area contributed by atoms with Crippen LogP contribution in [0.5, 0.6) is 0 Å². The van der Waals surface area contributed by atoms with Gasteiger partial charge in [0.2, 0.25) is 0 Å². The molecule has 0 radical (unpaired) electrons. The van der Waals surface area contributed by atoms with Gasteiger partial charge in [-0.15, -0.1) is 0 Å². The average molecular weight is 293 g/mol. The summed E-state index contributed by atoms with van der Waals surface area (Å²) in [5, 5.41) is 3.66. The normalized spacial score (nSPS) is 22.1. The van der Waals surface area contributed by atoms with E-state index in [-0.39, 0.29) is 5.60 Å². The minimum Gasteiger partial charge on any atom is -0.469 e. The number of likely N-dealkylation sites (N-methyl/N-ethyl adjacent to an activating group) is 1. The molecular weight excluding hydrogens is 262 g/mol. The number of ether oxygens (including phenoxy) is 1. The van der Waals surface area contributed by atoms with Crippen LogP contribution in [0.15, 0.2) is 22.8 Å². The van der Waals surface area contributed by atoms with Crippen LogP contribution >= 0.6 is 0 Å². The minimum atomic E-state index is -0.0485. The summed E-state index contributed by atoms with van der Waals surface area (Å²) in [4.78, 5) is 0. The molecule has 3 nitrogen and oxygen atoms in total. The highest BCUT2D eigenvalue weighted by molar-refractivity contribution is 5.07. The standard InChI is InChI=1S/C18H31NO2/c1-5-19-16(14-15-8-7-13-20-15)18(21-6-2)11-9-17(3,4)10-12-18/h7-8,13,16,19H,5-6,9-12,14H2,1-4H3. The molecule has 2 rings (SSSR count). The van der Waals surface area contributed by atoms with Gasteiger partial charge in [0.15, 0.2) is 0 Å². The maximum atomic E-state index is 6.32. The molecule has 0 aliphatic heterocycles. The number of nitrogens with one attached hydrogen (secondary N) is 1. The molecule has 1 N–H and O–H groups in total. The van der Waals surface area contributed by atoms with E-state index in [0.29, 0.717) is 11.5 Å². The Hall–Kier alpha value is -0.800. The third-order valence-electron chi connectivity index (χ3n) is 4.95. The van der Waals surface area contributed by atoms with Crippen LogP contribution < -0.4 is 5.32 Å². The van der Waals surface area contributed by atoms with Crippen molar-refractivity contribution in [3.8, 4) is 0 Å². The molecule has 1 aromatic heterocycles. The predicted molar refractivity (Wildman–Crippen MR) is 86.5 cm³/mol. The molecule has 1 heterocycles. The zero-order valence-corrected chi connectivity index (χ0v) is 14.1. The Bertz CT molecular complexity index is 401. The van der Waals surface area contributed by atoms with Gasteiger partial charge in [0.25, 0.3) is 0 Å². The van der Waals surface area contributed by atoms with E-state index in [9.17, 15) is 0 Å². The molecule has 0 spiro atoms. The summed E-state index contributed by atoms with van der Waals surface area (Å²) in [6.07, 6.45) is 7.38. The van der Waals surface area contributed by atoms with Gasteiger partial charge in [-0.2, -0.15) is 0 Å². The van der Waals surface area contributed by atoms with E-state index in [1.165, 1.54) is 12.8 Å². The second-order valence-electron chi connectivity index (χ2n) is 7.06. The van der Waals surface area contributed by atoms with Crippen LogP contribution in [0.1, 0.15) is 59.1 Å². The Morgan fingerprint density at radius 1 is 1.24 bits per heavy atom. The van der Waals surface area contributed by atoms with Gasteiger partial charge in [0.05, 0.1) is 11.9 Å². The molecule has 120 valence electrons. The first-order chi connectivity index (χ1) is 10.0. The molecule has 3 heteroatoms. The molecular formula is C18H31NO2. The quantitative estimate of drug-likeness (QED) is 0.819. The summed E-state index contributed by atoms with van der Waals surface area (Å²) in [6.45, 7) is 10.8.